The number of methoxy groups -OCH3 is 1. The summed E-state index contributed by atoms with van der Waals surface area (Å²) in [6, 6.07) is 12.4. The number of fused-ring (bicyclic) bond motifs is 1. The Morgan fingerprint density at radius 2 is 2.03 bits per heavy atom. The Balaban J connectivity index is 1.53. The molecular formula is C24H27N5O4. The monoisotopic (exact) mass is 449 g/mol. The van der Waals surface area contributed by atoms with Gasteiger partial charge in [-0.25, -0.2) is 4.68 Å². The number of pyridine rings is 1. The number of para-hydroxylation sites is 1. The number of carbonyl (C=O) groups is 2. The molecule has 0 aliphatic carbocycles. The van der Waals surface area contributed by atoms with Gasteiger partial charge in [-0.1, -0.05) is 18.2 Å². The van der Waals surface area contributed by atoms with Crippen LogP contribution in [-0.2, 0) is 16.1 Å². The predicted octanol–water partition coefficient (Wildman–Crippen LogP) is 1.49. The Bertz CT molecular complexity index is 1240. The van der Waals surface area contributed by atoms with Gasteiger partial charge in [0.1, 0.15) is 6.54 Å². The highest BCUT2D eigenvalue weighted by Crippen LogP contribution is 2.29. The fourth-order valence-electron chi connectivity index (χ4n) is 4.08. The maximum Gasteiger partial charge on any atom is 0.267 e. The molecule has 9 heteroatoms. The number of aryl methyl sites for hydroxylation is 1. The molecule has 1 saturated heterocycles. The van der Waals surface area contributed by atoms with E-state index in [9.17, 15) is 14.4 Å². The summed E-state index contributed by atoms with van der Waals surface area (Å²) in [7, 11) is 1.59. The molecule has 33 heavy (non-hydrogen) atoms. The minimum absolute atomic E-state index is 0.00581. The number of hydrogen-bond acceptors (Lipinski definition) is 6. The number of aromatic nitrogens is 3. The van der Waals surface area contributed by atoms with Gasteiger partial charge < -0.3 is 15.0 Å². The van der Waals surface area contributed by atoms with E-state index in [4.69, 9.17) is 9.72 Å². The van der Waals surface area contributed by atoms with E-state index in [1.54, 1.807) is 25.0 Å². The van der Waals surface area contributed by atoms with Gasteiger partial charge in [-0.3, -0.25) is 19.4 Å². The Morgan fingerprint density at radius 1 is 1.21 bits per heavy atom. The first-order chi connectivity index (χ1) is 16.0. The molecule has 0 radical (unpaired) electrons. The van der Waals surface area contributed by atoms with Gasteiger partial charge in [0, 0.05) is 49.8 Å². The maximum absolute atomic E-state index is 12.8. The number of nitrogens with one attached hydrogen (secondary N) is 1. The zero-order valence-electron chi connectivity index (χ0n) is 18.8. The van der Waals surface area contributed by atoms with Gasteiger partial charge in [0.05, 0.1) is 23.4 Å². The molecule has 1 aliphatic heterocycles. The average Bonchev–Trinajstić information content (AvgIpc) is 3.31. The van der Waals surface area contributed by atoms with Crippen molar-refractivity contribution in [1.29, 1.82) is 0 Å². The second-order valence-electron chi connectivity index (χ2n) is 8.16. The van der Waals surface area contributed by atoms with Crippen molar-refractivity contribution < 1.29 is 14.3 Å². The fourth-order valence-corrected chi connectivity index (χ4v) is 4.08. The summed E-state index contributed by atoms with van der Waals surface area (Å²) in [5.74, 6) is -0.329. The first-order valence-electron chi connectivity index (χ1n) is 11.0. The minimum Gasteiger partial charge on any atom is -0.383 e. The van der Waals surface area contributed by atoms with Crippen LogP contribution in [0.15, 0.2) is 47.3 Å². The van der Waals surface area contributed by atoms with Gasteiger partial charge in [-0.15, -0.1) is 0 Å². The quantitative estimate of drug-likeness (QED) is 0.548. The molecule has 2 aromatic heterocycles. The van der Waals surface area contributed by atoms with Crippen LogP contribution in [0.4, 0.5) is 0 Å². The highest BCUT2D eigenvalue weighted by molar-refractivity contribution is 6.06. The third-order valence-corrected chi connectivity index (χ3v) is 5.82. The van der Waals surface area contributed by atoms with Crippen LogP contribution in [0.2, 0.25) is 0 Å². The number of rotatable bonds is 7. The molecule has 3 aromatic rings. The second-order valence-corrected chi connectivity index (χ2v) is 8.16. The van der Waals surface area contributed by atoms with E-state index >= 15 is 0 Å². The summed E-state index contributed by atoms with van der Waals surface area (Å²) in [6.07, 6.45) is 0.734. The molecule has 2 amide bonds. The topological polar surface area (TPSA) is 106 Å². The molecule has 1 aromatic carbocycles. The lowest BCUT2D eigenvalue weighted by atomic mass is 9.99. The van der Waals surface area contributed by atoms with Crippen LogP contribution in [0.3, 0.4) is 0 Å². The molecule has 0 saturated carbocycles. The Kier molecular flexibility index (Phi) is 6.79. The van der Waals surface area contributed by atoms with E-state index in [1.807, 2.05) is 30.3 Å². The molecule has 0 spiro atoms. The molecule has 4 rings (SSSR count). The summed E-state index contributed by atoms with van der Waals surface area (Å²) in [4.78, 5) is 44.2. The van der Waals surface area contributed by atoms with Crippen LogP contribution in [0.1, 0.15) is 34.1 Å². The summed E-state index contributed by atoms with van der Waals surface area (Å²) < 4.78 is 6.22. The number of carbonyl (C=O) groups excluding carboxylic acids is 2. The molecule has 9 nitrogen and oxygen atoms in total. The normalized spacial score (nSPS) is 15.7. The Morgan fingerprint density at radius 3 is 2.85 bits per heavy atom. The Labute approximate surface area is 191 Å². The molecule has 3 heterocycles. The minimum atomic E-state index is -0.301. The molecule has 0 unspecified atom stereocenters. The highest BCUT2D eigenvalue weighted by atomic mass is 16.5. The average molecular weight is 450 g/mol. The zero-order valence-corrected chi connectivity index (χ0v) is 18.8. The van der Waals surface area contributed by atoms with E-state index in [0.717, 1.165) is 23.0 Å². The molecule has 1 aliphatic rings. The van der Waals surface area contributed by atoms with Crippen molar-refractivity contribution in [2.24, 2.45) is 0 Å². The molecule has 1 N–H and O–H groups in total. The Hall–Kier alpha value is -3.59. The number of ether oxygens (including phenoxy) is 1. The fraction of sp³-hybridized carbons (Fsp3) is 0.375. The van der Waals surface area contributed by atoms with E-state index in [-0.39, 0.29) is 29.8 Å². The van der Waals surface area contributed by atoms with E-state index in [2.05, 4.69) is 10.4 Å². The third kappa shape index (κ3) is 5.09. The lowest BCUT2D eigenvalue weighted by Crippen LogP contribution is -2.36. The lowest BCUT2D eigenvalue weighted by molar-refractivity contribution is -0.131. The number of hydrogen-bond donors (Lipinski definition) is 1. The van der Waals surface area contributed by atoms with Crippen molar-refractivity contribution >= 4 is 22.7 Å². The van der Waals surface area contributed by atoms with Crippen molar-refractivity contribution in [3.8, 4) is 0 Å². The van der Waals surface area contributed by atoms with Gasteiger partial charge in [0.2, 0.25) is 5.91 Å². The van der Waals surface area contributed by atoms with Gasteiger partial charge in [-0.2, -0.15) is 5.10 Å². The van der Waals surface area contributed by atoms with Crippen molar-refractivity contribution in [3.05, 3.63) is 69.8 Å². The van der Waals surface area contributed by atoms with Crippen molar-refractivity contribution in [2.45, 2.75) is 25.8 Å². The van der Waals surface area contributed by atoms with E-state index in [0.29, 0.717) is 37.5 Å². The van der Waals surface area contributed by atoms with Gasteiger partial charge in [0.25, 0.3) is 11.5 Å². The molecule has 0 bridgehead atoms. The predicted molar refractivity (Wildman–Crippen MR) is 123 cm³/mol. The van der Waals surface area contributed by atoms with Crippen LogP contribution in [-0.4, -0.2) is 64.8 Å². The molecule has 172 valence electrons. The van der Waals surface area contributed by atoms with Crippen molar-refractivity contribution in [1.82, 2.24) is 25.0 Å². The summed E-state index contributed by atoms with van der Waals surface area (Å²) in [5.41, 5.74) is 2.47. The van der Waals surface area contributed by atoms with Gasteiger partial charge >= 0.3 is 0 Å². The van der Waals surface area contributed by atoms with Crippen LogP contribution < -0.4 is 10.9 Å². The molecular weight excluding hydrogens is 422 g/mol. The second kappa shape index (κ2) is 9.91. The first-order valence-corrected chi connectivity index (χ1v) is 11.0. The van der Waals surface area contributed by atoms with Gasteiger partial charge in [0.15, 0.2) is 0 Å². The van der Waals surface area contributed by atoms with Crippen molar-refractivity contribution in [3.63, 3.8) is 0 Å². The third-order valence-electron chi connectivity index (χ3n) is 5.82. The van der Waals surface area contributed by atoms with Crippen LogP contribution in [0.25, 0.3) is 10.9 Å². The zero-order chi connectivity index (χ0) is 23.4. The summed E-state index contributed by atoms with van der Waals surface area (Å²) >= 11 is 0. The number of nitrogens with zero attached hydrogens (tertiary/aromatic N) is 4. The lowest BCUT2D eigenvalue weighted by Gasteiger charge is -2.17. The largest absolute Gasteiger partial charge is 0.383 e. The van der Waals surface area contributed by atoms with Crippen LogP contribution >= 0.6 is 0 Å². The van der Waals surface area contributed by atoms with Crippen molar-refractivity contribution in [2.75, 3.05) is 33.4 Å². The van der Waals surface area contributed by atoms with Crippen LogP contribution in [0.5, 0.6) is 0 Å². The maximum atomic E-state index is 12.8. The standard InChI is InChI=1S/C24H27N5O4/c1-16-7-8-22(30)29(27-16)15-23(31)28-11-9-17(14-28)21-13-19(24(32)25-10-12-33-2)18-5-3-4-6-20(18)26-21/h3-8,13,17H,9-12,14-15H2,1-2H3,(H,25,32)/t17-/m1/s1. The number of benzene rings is 1. The first kappa shape index (κ1) is 22.6. The smallest absolute Gasteiger partial charge is 0.267 e. The number of likely N-dealkylation sites (tertiary alicyclic amines) is 1. The highest BCUT2D eigenvalue weighted by Gasteiger charge is 2.29. The number of amides is 2. The van der Waals surface area contributed by atoms with Gasteiger partial charge in [-0.05, 0) is 31.5 Å². The molecule has 1 atom stereocenters. The molecule has 1 fully saturated rings. The van der Waals surface area contributed by atoms with E-state index < -0.39 is 0 Å². The summed E-state index contributed by atoms with van der Waals surface area (Å²) in [6.45, 7) is 3.58. The van der Waals surface area contributed by atoms with Crippen LogP contribution in [0, 0.1) is 6.92 Å². The SMILES string of the molecule is COCCNC(=O)c1cc([C@@H]2CCN(C(=O)Cn3nc(C)ccc3=O)C2)nc2ccccc12. The summed E-state index contributed by atoms with van der Waals surface area (Å²) in [5, 5.41) is 7.81. The van der Waals surface area contributed by atoms with E-state index in [1.165, 1.54) is 10.7 Å².